The molecule has 0 N–H and O–H groups in total. The maximum Gasteiger partial charge on any atom is 0.254 e. The van der Waals surface area contributed by atoms with Crippen LogP contribution in [-0.4, -0.2) is 91.0 Å². The number of hydrogen-bond donors (Lipinski definition) is 0. The van der Waals surface area contributed by atoms with Crippen LogP contribution in [0.5, 0.6) is 0 Å². The van der Waals surface area contributed by atoms with Crippen LogP contribution in [0.3, 0.4) is 0 Å². The first kappa shape index (κ1) is 19.6. The number of amides is 1. The minimum Gasteiger partial charge on any atom is -0.357 e. The molecule has 3 aliphatic rings. The van der Waals surface area contributed by atoms with Gasteiger partial charge in [-0.3, -0.25) is 9.69 Å². The van der Waals surface area contributed by atoms with Gasteiger partial charge in [-0.25, -0.2) is 4.98 Å². The molecule has 1 aromatic heterocycles. The van der Waals surface area contributed by atoms with Crippen molar-refractivity contribution in [2.75, 3.05) is 64.3 Å². The summed E-state index contributed by atoms with van der Waals surface area (Å²) in [7, 11) is 2.22. The Morgan fingerprint density at radius 3 is 2.39 bits per heavy atom. The summed E-state index contributed by atoms with van der Waals surface area (Å²) >= 11 is 0. The maximum absolute atomic E-state index is 12.7. The van der Waals surface area contributed by atoms with E-state index in [0.717, 1.165) is 56.3 Å². The maximum atomic E-state index is 12.7. The van der Waals surface area contributed by atoms with E-state index in [9.17, 15) is 4.79 Å². The molecular weight excluding hydrogens is 350 g/mol. The highest BCUT2D eigenvalue weighted by Gasteiger charge is 2.30. The molecule has 0 radical (unpaired) electrons. The van der Waals surface area contributed by atoms with Crippen LogP contribution in [0, 0.1) is 5.92 Å². The summed E-state index contributed by atoms with van der Waals surface area (Å²) in [6, 6.07) is 4.53. The third-order valence-electron chi connectivity index (χ3n) is 7.05. The minimum atomic E-state index is 0.166. The molecule has 0 aliphatic carbocycles. The summed E-state index contributed by atoms with van der Waals surface area (Å²) in [4.78, 5) is 26.7. The van der Waals surface area contributed by atoms with Gasteiger partial charge in [-0.2, -0.15) is 0 Å². The first-order valence-electron chi connectivity index (χ1n) is 11.0. The summed E-state index contributed by atoms with van der Waals surface area (Å²) in [6.45, 7) is 11.0. The molecule has 1 amide bonds. The zero-order chi connectivity index (χ0) is 19.5. The van der Waals surface area contributed by atoms with Crippen molar-refractivity contribution < 1.29 is 4.79 Å². The fourth-order valence-corrected chi connectivity index (χ4v) is 4.97. The first-order chi connectivity index (χ1) is 13.6. The molecular formula is C22H35N5O. The van der Waals surface area contributed by atoms with Crippen LogP contribution in [0.1, 0.15) is 43.0 Å². The normalized spacial score (nSPS) is 23.9. The number of likely N-dealkylation sites (tertiary alicyclic amines) is 1. The molecule has 0 bridgehead atoms. The molecule has 1 atom stereocenters. The molecule has 0 aromatic carbocycles. The number of likely N-dealkylation sites (N-methyl/N-ethyl adjacent to an activating group) is 1. The minimum absolute atomic E-state index is 0.166. The predicted molar refractivity (Wildman–Crippen MR) is 113 cm³/mol. The van der Waals surface area contributed by atoms with Gasteiger partial charge in [0.2, 0.25) is 0 Å². The quantitative estimate of drug-likeness (QED) is 0.795. The average molecular weight is 386 g/mol. The number of piperidine rings is 1. The van der Waals surface area contributed by atoms with Crippen LogP contribution >= 0.6 is 0 Å². The van der Waals surface area contributed by atoms with Crippen LogP contribution in [-0.2, 0) is 0 Å². The lowest BCUT2D eigenvalue weighted by Crippen LogP contribution is -2.51. The lowest BCUT2D eigenvalue weighted by Gasteiger charge is -2.43. The molecule has 0 saturated carbocycles. The number of aromatic nitrogens is 1. The van der Waals surface area contributed by atoms with Crippen LogP contribution in [0.15, 0.2) is 18.3 Å². The van der Waals surface area contributed by atoms with Gasteiger partial charge in [0.15, 0.2) is 0 Å². The van der Waals surface area contributed by atoms with Crippen molar-refractivity contribution in [3.63, 3.8) is 0 Å². The van der Waals surface area contributed by atoms with Crippen molar-refractivity contribution in [1.29, 1.82) is 0 Å². The Morgan fingerprint density at radius 1 is 1.04 bits per heavy atom. The SMILES string of the molecule is C[C@H](C1CCN(c2cc(C(=O)N3CCCC3)ccn2)CC1)N1CCN(C)CC1. The topological polar surface area (TPSA) is 42.9 Å². The van der Waals surface area contributed by atoms with Crippen LogP contribution in [0.25, 0.3) is 0 Å². The fraction of sp³-hybridized carbons (Fsp3) is 0.727. The Bertz CT molecular complexity index is 659. The summed E-state index contributed by atoms with van der Waals surface area (Å²) < 4.78 is 0. The van der Waals surface area contributed by atoms with E-state index in [-0.39, 0.29) is 5.91 Å². The molecule has 6 heteroatoms. The lowest BCUT2D eigenvalue weighted by molar-refractivity contribution is 0.0792. The van der Waals surface area contributed by atoms with Crippen LogP contribution in [0.4, 0.5) is 5.82 Å². The van der Waals surface area contributed by atoms with Crippen molar-refractivity contribution in [2.24, 2.45) is 5.92 Å². The molecule has 28 heavy (non-hydrogen) atoms. The summed E-state index contributed by atoms with van der Waals surface area (Å²) in [5.74, 6) is 1.89. The number of rotatable bonds is 4. The van der Waals surface area contributed by atoms with E-state index in [0.29, 0.717) is 6.04 Å². The van der Waals surface area contributed by atoms with Crippen molar-refractivity contribution in [2.45, 2.75) is 38.6 Å². The second kappa shape index (κ2) is 8.78. The molecule has 0 unspecified atom stereocenters. The first-order valence-corrected chi connectivity index (χ1v) is 11.0. The Labute approximate surface area is 169 Å². The van der Waals surface area contributed by atoms with Crippen molar-refractivity contribution in [3.05, 3.63) is 23.9 Å². The van der Waals surface area contributed by atoms with Crippen LogP contribution < -0.4 is 4.90 Å². The van der Waals surface area contributed by atoms with E-state index in [1.54, 1.807) is 6.20 Å². The number of nitrogens with zero attached hydrogens (tertiary/aromatic N) is 5. The van der Waals surface area contributed by atoms with Gasteiger partial charge in [-0.15, -0.1) is 0 Å². The molecule has 0 spiro atoms. The number of piperazine rings is 1. The van der Waals surface area contributed by atoms with E-state index in [4.69, 9.17) is 0 Å². The van der Waals surface area contributed by atoms with Crippen molar-refractivity contribution in [1.82, 2.24) is 19.7 Å². The highest BCUT2D eigenvalue weighted by molar-refractivity contribution is 5.95. The second-order valence-electron chi connectivity index (χ2n) is 8.81. The van der Waals surface area contributed by atoms with Gasteiger partial charge >= 0.3 is 0 Å². The monoisotopic (exact) mass is 385 g/mol. The van der Waals surface area contributed by atoms with Crippen LogP contribution in [0.2, 0.25) is 0 Å². The molecule has 1 aromatic rings. The van der Waals surface area contributed by atoms with E-state index in [1.165, 1.54) is 39.0 Å². The van der Waals surface area contributed by atoms with Crippen molar-refractivity contribution >= 4 is 11.7 Å². The van der Waals surface area contributed by atoms with E-state index in [1.807, 2.05) is 17.0 Å². The number of carbonyl (C=O) groups excluding carboxylic acids is 1. The second-order valence-corrected chi connectivity index (χ2v) is 8.81. The van der Waals surface area contributed by atoms with Gasteiger partial charge < -0.3 is 14.7 Å². The summed E-state index contributed by atoms with van der Waals surface area (Å²) in [5.41, 5.74) is 0.792. The highest BCUT2D eigenvalue weighted by atomic mass is 16.2. The molecule has 154 valence electrons. The Hall–Kier alpha value is -1.66. The zero-order valence-corrected chi connectivity index (χ0v) is 17.5. The van der Waals surface area contributed by atoms with Gasteiger partial charge in [0.1, 0.15) is 5.82 Å². The largest absolute Gasteiger partial charge is 0.357 e. The predicted octanol–water partition coefficient (Wildman–Crippen LogP) is 2.17. The lowest BCUT2D eigenvalue weighted by atomic mass is 9.89. The number of hydrogen-bond acceptors (Lipinski definition) is 5. The smallest absolute Gasteiger partial charge is 0.254 e. The highest BCUT2D eigenvalue weighted by Crippen LogP contribution is 2.27. The number of pyridine rings is 1. The molecule has 4 rings (SSSR count). The average Bonchev–Trinajstić information content (AvgIpc) is 3.28. The number of anilines is 1. The van der Waals surface area contributed by atoms with E-state index < -0.39 is 0 Å². The van der Waals surface area contributed by atoms with Gasteiger partial charge in [0.05, 0.1) is 0 Å². The summed E-state index contributed by atoms with van der Waals surface area (Å²) in [6.07, 6.45) is 6.47. The molecule has 3 fully saturated rings. The van der Waals surface area contributed by atoms with E-state index >= 15 is 0 Å². The van der Waals surface area contributed by atoms with Gasteiger partial charge in [-0.05, 0) is 57.7 Å². The number of carbonyl (C=O) groups is 1. The standard InChI is InChI=1S/C22H35N5O/c1-18(25-15-13-24(2)14-16-25)19-6-11-26(12-7-19)21-17-20(5-8-23-21)22(28)27-9-3-4-10-27/h5,8,17-19H,3-4,6-7,9-16H2,1-2H3/t18-/m1/s1. The van der Waals surface area contributed by atoms with E-state index in [2.05, 4.69) is 33.7 Å². The third kappa shape index (κ3) is 4.33. The molecule has 4 heterocycles. The Balaban J connectivity index is 1.33. The Morgan fingerprint density at radius 2 is 1.71 bits per heavy atom. The molecule has 6 nitrogen and oxygen atoms in total. The molecule has 3 saturated heterocycles. The van der Waals surface area contributed by atoms with Gasteiger partial charge in [-0.1, -0.05) is 0 Å². The molecule has 3 aliphatic heterocycles. The third-order valence-corrected chi connectivity index (χ3v) is 7.05. The Kier molecular flexibility index (Phi) is 6.16. The fourth-order valence-electron chi connectivity index (χ4n) is 4.97. The van der Waals surface area contributed by atoms with Gasteiger partial charge in [0, 0.05) is 70.2 Å². The van der Waals surface area contributed by atoms with Crippen molar-refractivity contribution in [3.8, 4) is 0 Å². The zero-order valence-electron chi connectivity index (χ0n) is 17.5. The summed E-state index contributed by atoms with van der Waals surface area (Å²) in [5, 5.41) is 0. The van der Waals surface area contributed by atoms with Gasteiger partial charge in [0.25, 0.3) is 5.91 Å².